The van der Waals surface area contributed by atoms with Crippen molar-refractivity contribution < 1.29 is 4.74 Å². The van der Waals surface area contributed by atoms with Crippen molar-refractivity contribution >= 4 is 11.8 Å². The van der Waals surface area contributed by atoms with Crippen LogP contribution < -0.4 is 5.32 Å². The Morgan fingerprint density at radius 3 is 2.69 bits per heavy atom. The Morgan fingerprint density at radius 2 is 2.12 bits per heavy atom. The number of ether oxygens (including phenoxy) is 1. The van der Waals surface area contributed by atoms with Crippen LogP contribution in [0.5, 0.6) is 0 Å². The highest BCUT2D eigenvalue weighted by Crippen LogP contribution is 2.08. The average Bonchev–Trinajstić information content (AvgIpc) is 2.30. The molecule has 0 aromatic rings. The minimum absolute atomic E-state index is 0.731. The van der Waals surface area contributed by atoms with Gasteiger partial charge in [-0.3, -0.25) is 0 Å². The first-order valence-electron chi connectivity index (χ1n) is 6.15. The molecule has 3 nitrogen and oxygen atoms in total. The third kappa shape index (κ3) is 8.39. The number of thioether (sulfide) groups is 1. The van der Waals surface area contributed by atoms with Gasteiger partial charge in [0.05, 0.1) is 6.61 Å². The predicted molar refractivity (Wildman–Crippen MR) is 74.5 cm³/mol. The lowest BCUT2D eigenvalue weighted by Crippen LogP contribution is -2.35. The Hall–Kier alpha value is 0.230. The van der Waals surface area contributed by atoms with Crippen LogP contribution in [-0.4, -0.2) is 63.3 Å². The molecule has 0 radical (unpaired) electrons. The van der Waals surface area contributed by atoms with E-state index in [1.807, 2.05) is 11.8 Å². The second-order valence-electron chi connectivity index (χ2n) is 4.09. The number of nitrogens with one attached hydrogen (secondary N) is 1. The number of rotatable bonds is 11. The van der Waals surface area contributed by atoms with Gasteiger partial charge in [0.2, 0.25) is 0 Å². The van der Waals surface area contributed by atoms with Gasteiger partial charge in [-0.05, 0) is 39.2 Å². The van der Waals surface area contributed by atoms with Crippen molar-refractivity contribution in [3.05, 3.63) is 0 Å². The summed E-state index contributed by atoms with van der Waals surface area (Å²) in [6, 6.07) is 0.731. The lowest BCUT2D eigenvalue weighted by Gasteiger charge is -2.26. The van der Waals surface area contributed by atoms with E-state index in [1.54, 1.807) is 7.11 Å². The molecule has 98 valence electrons. The molecule has 0 fully saturated rings. The molecule has 0 aromatic heterocycles. The molecule has 1 unspecified atom stereocenters. The van der Waals surface area contributed by atoms with Crippen LogP contribution in [0.3, 0.4) is 0 Å². The molecular weight excluding hydrogens is 220 g/mol. The fourth-order valence-corrected chi connectivity index (χ4v) is 2.56. The minimum atomic E-state index is 0.731. The first-order chi connectivity index (χ1) is 7.76. The summed E-state index contributed by atoms with van der Waals surface area (Å²) in [7, 11) is 3.98. The Kier molecular flexibility index (Phi) is 11.9. The summed E-state index contributed by atoms with van der Waals surface area (Å²) < 4.78 is 4.98. The van der Waals surface area contributed by atoms with E-state index in [4.69, 9.17) is 4.74 Å². The van der Waals surface area contributed by atoms with Crippen molar-refractivity contribution in [3.63, 3.8) is 0 Å². The molecule has 0 saturated carbocycles. The van der Waals surface area contributed by atoms with Crippen LogP contribution in [0.25, 0.3) is 0 Å². The quantitative estimate of drug-likeness (QED) is 0.562. The molecule has 1 atom stereocenters. The minimum Gasteiger partial charge on any atom is -0.383 e. The fraction of sp³-hybridized carbons (Fsp3) is 1.00. The van der Waals surface area contributed by atoms with Gasteiger partial charge in [0.25, 0.3) is 0 Å². The molecule has 0 heterocycles. The van der Waals surface area contributed by atoms with Crippen LogP contribution in [0.4, 0.5) is 0 Å². The summed E-state index contributed by atoms with van der Waals surface area (Å²) >= 11 is 1.94. The number of methoxy groups -OCH3 is 1. The van der Waals surface area contributed by atoms with Gasteiger partial charge in [0, 0.05) is 25.4 Å². The van der Waals surface area contributed by atoms with Crippen LogP contribution in [0, 0.1) is 0 Å². The molecule has 0 rings (SSSR count). The smallest absolute Gasteiger partial charge is 0.0587 e. The number of hydrogen-bond donors (Lipinski definition) is 1. The molecule has 1 N–H and O–H groups in total. The van der Waals surface area contributed by atoms with E-state index in [0.29, 0.717) is 0 Å². The Balaban J connectivity index is 3.43. The van der Waals surface area contributed by atoms with E-state index >= 15 is 0 Å². The number of hydrogen-bond acceptors (Lipinski definition) is 4. The SMILES string of the molecule is CCC(CSC)N(C)CCCNCCOC. The van der Waals surface area contributed by atoms with Crippen LogP contribution in [-0.2, 0) is 4.74 Å². The van der Waals surface area contributed by atoms with E-state index in [2.05, 4.69) is 30.4 Å². The summed E-state index contributed by atoms with van der Waals surface area (Å²) in [6.07, 6.45) is 4.64. The highest BCUT2D eigenvalue weighted by Gasteiger charge is 2.10. The van der Waals surface area contributed by atoms with Gasteiger partial charge in [0.1, 0.15) is 0 Å². The maximum Gasteiger partial charge on any atom is 0.0587 e. The van der Waals surface area contributed by atoms with Gasteiger partial charge in [0.15, 0.2) is 0 Å². The molecular formula is C12H28N2OS. The van der Waals surface area contributed by atoms with Gasteiger partial charge in [-0.2, -0.15) is 11.8 Å². The second-order valence-corrected chi connectivity index (χ2v) is 5.01. The van der Waals surface area contributed by atoms with Crippen molar-refractivity contribution in [3.8, 4) is 0 Å². The van der Waals surface area contributed by atoms with E-state index < -0.39 is 0 Å². The zero-order valence-corrected chi connectivity index (χ0v) is 12.1. The fourth-order valence-electron chi connectivity index (χ4n) is 1.68. The molecule has 0 bridgehead atoms. The molecule has 4 heteroatoms. The van der Waals surface area contributed by atoms with Crippen molar-refractivity contribution in [1.82, 2.24) is 10.2 Å². The third-order valence-corrected chi connectivity index (χ3v) is 3.52. The van der Waals surface area contributed by atoms with Gasteiger partial charge in [-0.15, -0.1) is 0 Å². The first kappa shape index (κ1) is 16.2. The maximum atomic E-state index is 4.98. The van der Waals surface area contributed by atoms with Crippen LogP contribution in [0.1, 0.15) is 19.8 Å². The first-order valence-corrected chi connectivity index (χ1v) is 7.54. The van der Waals surface area contributed by atoms with Crippen molar-refractivity contribution in [2.75, 3.05) is 52.4 Å². The molecule has 0 aliphatic rings. The largest absolute Gasteiger partial charge is 0.383 e. The molecule has 0 saturated heterocycles. The van der Waals surface area contributed by atoms with E-state index in [-0.39, 0.29) is 0 Å². The molecule has 0 aromatic carbocycles. The van der Waals surface area contributed by atoms with Crippen molar-refractivity contribution in [2.45, 2.75) is 25.8 Å². The molecule has 0 aliphatic heterocycles. The maximum absolute atomic E-state index is 4.98. The van der Waals surface area contributed by atoms with E-state index in [1.165, 1.54) is 25.1 Å². The molecule has 0 spiro atoms. The zero-order chi connectivity index (χ0) is 12.2. The van der Waals surface area contributed by atoms with Crippen molar-refractivity contribution in [1.29, 1.82) is 0 Å². The summed E-state index contributed by atoms with van der Waals surface area (Å²) in [5.74, 6) is 1.24. The van der Waals surface area contributed by atoms with Gasteiger partial charge >= 0.3 is 0 Å². The van der Waals surface area contributed by atoms with Crippen molar-refractivity contribution in [2.24, 2.45) is 0 Å². The monoisotopic (exact) mass is 248 g/mol. The summed E-state index contributed by atoms with van der Waals surface area (Å²) in [6.45, 7) is 6.30. The van der Waals surface area contributed by atoms with E-state index in [9.17, 15) is 0 Å². The summed E-state index contributed by atoms with van der Waals surface area (Å²) in [5.41, 5.74) is 0. The molecule has 16 heavy (non-hydrogen) atoms. The van der Waals surface area contributed by atoms with Crippen LogP contribution in [0.2, 0.25) is 0 Å². The second kappa shape index (κ2) is 11.7. The Labute approximate surface area is 105 Å². The average molecular weight is 248 g/mol. The highest BCUT2D eigenvalue weighted by molar-refractivity contribution is 7.98. The van der Waals surface area contributed by atoms with E-state index in [0.717, 1.165) is 25.7 Å². The lowest BCUT2D eigenvalue weighted by molar-refractivity contribution is 0.198. The van der Waals surface area contributed by atoms with Gasteiger partial charge < -0.3 is 15.0 Å². The third-order valence-electron chi connectivity index (χ3n) is 2.80. The lowest BCUT2D eigenvalue weighted by atomic mass is 10.2. The Morgan fingerprint density at radius 1 is 1.38 bits per heavy atom. The van der Waals surface area contributed by atoms with Crippen LogP contribution in [0.15, 0.2) is 0 Å². The highest BCUT2D eigenvalue weighted by atomic mass is 32.2. The van der Waals surface area contributed by atoms with Gasteiger partial charge in [-0.1, -0.05) is 6.92 Å². The number of nitrogens with zero attached hydrogens (tertiary/aromatic N) is 1. The normalized spacial score (nSPS) is 13.3. The zero-order valence-electron chi connectivity index (χ0n) is 11.3. The predicted octanol–water partition coefficient (Wildman–Crippen LogP) is 1.69. The molecule has 0 amide bonds. The summed E-state index contributed by atoms with van der Waals surface area (Å²) in [4.78, 5) is 2.48. The standard InChI is InChI=1S/C12H28N2OS/c1-5-12(11-16-4)14(2)9-6-7-13-8-10-15-3/h12-13H,5-11H2,1-4H3. The topological polar surface area (TPSA) is 24.5 Å². The molecule has 0 aliphatic carbocycles. The summed E-state index contributed by atoms with van der Waals surface area (Å²) in [5, 5.41) is 3.37. The van der Waals surface area contributed by atoms with Gasteiger partial charge in [-0.25, -0.2) is 0 Å². The Bertz CT molecular complexity index is 147. The van der Waals surface area contributed by atoms with Crippen LogP contribution >= 0.6 is 11.8 Å².